The maximum atomic E-state index is 12.8. The van der Waals surface area contributed by atoms with Crippen LogP contribution >= 0.6 is 0 Å². The minimum atomic E-state index is -0.354. The molecule has 0 spiro atoms. The fourth-order valence-electron chi connectivity index (χ4n) is 3.03. The van der Waals surface area contributed by atoms with Crippen LogP contribution in [0.2, 0.25) is 0 Å². The van der Waals surface area contributed by atoms with E-state index in [1.54, 1.807) is 42.9 Å². The maximum absolute atomic E-state index is 12.8. The molecule has 0 aliphatic carbocycles. The van der Waals surface area contributed by atoms with E-state index in [0.717, 1.165) is 11.3 Å². The summed E-state index contributed by atoms with van der Waals surface area (Å²) in [5.41, 5.74) is 5.42. The quantitative estimate of drug-likeness (QED) is 0.578. The van der Waals surface area contributed by atoms with Crippen LogP contribution in [0.15, 0.2) is 30.6 Å². The fourth-order valence-corrected chi connectivity index (χ4v) is 3.03. The number of benzene rings is 1. The van der Waals surface area contributed by atoms with Gasteiger partial charge in [-0.2, -0.15) is 10.4 Å². The van der Waals surface area contributed by atoms with Crippen LogP contribution in [0.5, 0.6) is 0 Å². The monoisotopic (exact) mass is 387 g/mol. The van der Waals surface area contributed by atoms with Crippen LogP contribution in [0, 0.1) is 37.5 Å². The molecule has 2 aromatic heterocycles. The van der Waals surface area contributed by atoms with Crippen molar-refractivity contribution in [2.45, 2.75) is 20.8 Å². The van der Waals surface area contributed by atoms with E-state index < -0.39 is 0 Å². The summed E-state index contributed by atoms with van der Waals surface area (Å²) in [4.78, 5) is 17.2. The first-order valence-electron chi connectivity index (χ1n) is 8.93. The van der Waals surface area contributed by atoms with Gasteiger partial charge in [-0.15, -0.1) is 0 Å². The van der Waals surface area contributed by atoms with Crippen molar-refractivity contribution >= 4 is 29.2 Å². The van der Waals surface area contributed by atoms with Crippen molar-refractivity contribution in [2.75, 3.05) is 10.6 Å². The van der Waals surface area contributed by atoms with Crippen LogP contribution in [0.4, 0.5) is 17.1 Å². The highest BCUT2D eigenvalue weighted by Gasteiger charge is 2.18. The molecule has 3 rings (SSSR count). The largest absolute Gasteiger partial charge is 0.352 e. The Kier molecular flexibility index (Phi) is 5.41. The van der Waals surface area contributed by atoms with Crippen molar-refractivity contribution in [3.8, 4) is 6.07 Å². The van der Waals surface area contributed by atoms with Crippen molar-refractivity contribution in [2.24, 2.45) is 7.05 Å². The summed E-state index contributed by atoms with van der Waals surface area (Å²) < 4.78 is 1.67. The van der Waals surface area contributed by atoms with Crippen LogP contribution in [0.3, 0.4) is 0 Å². The average Bonchev–Trinajstić information content (AvgIpc) is 3.10. The second-order valence-corrected chi connectivity index (χ2v) is 6.71. The molecule has 146 valence electrons. The average molecular weight is 387 g/mol. The van der Waals surface area contributed by atoms with Gasteiger partial charge < -0.3 is 16.0 Å². The summed E-state index contributed by atoms with van der Waals surface area (Å²) in [6.07, 6.45) is 4.73. The van der Waals surface area contributed by atoms with Gasteiger partial charge in [0.2, 0.25) is 0 Å². The van der Waals surface area contributed by atoms with Gasteiger partial charge >= 0.3 is 0 Å². The Morgan fingerprint density at radius 3 is 2.62 bits per heavy atom. The maximum Gasteiger partial charge on any atom is 0.274 e. The Bertz CT molecular complexity index is 1150. The van der Waals surface area contributed by atoms with E-state index in [1.165, 1.54) is 6.21 Å². The second kappa shape index (κ2) is 7.94. The SMILES string of the molecule is Cc1nc(C(=O)Nc2ccc(C=N)c(Nc3cnn(C)c3)c2)c(C)c(C)c1C#N. The van der Waals surface area contributed by atoms with Crippen LogP contribution < -0.4 is 10.6 Å². The van der Waals surface area contributed by atoms with Gasteiger partial charge in [-0.3, -0.25) is 9.48 Å². The highest BCUT2D eigenvalue weighted by Crippen LogP contribution is 2.25. The predicted octanol–water partition coefficient (Wildman–Crippen LogP) is 3.61. The van der Waals surface area contributed by atoms with Gasteiger partial charge in [-0.05, 0) is 50.1 Å². The number of aryl methyl sites for hydroxylation is 2. The first-order valence-corrected chi connectivity index (χ1v) is 8.93. The second-order valence-electron chi connectivity index (χ2n) is 6.71. The minimum absolute atomic E-state index is 0.289. The van der Waals surface area contributed by atoms with E-state index in [0.29, 0.717) is 33.8 Å². The molecule has 0 aliphatic heterocycles. The first-order chi connectivity index (χ1) is 13.8. The number of amides is 1. The van der Waals surface area contributed by atoms with Crippen LogP contribution in [-0.4, -0.2) is 26.9 Å². The van der Waals surface area contributed by atoms with E-state index in [-0.39, 0.29) is 11.6 Å². The van der Waals surface area contributed by atoms with E-state index in [2.05, 4.69) is 26.8 Å². The highest BCUT2D eigenvalue weighted by molar-refractivity contribution is 6.05. The van der Waals surface area contributed by atoms with Gasteiger partial charge in [0.25, 0.3) is 5.91 Å². The van der Waals surface area contributed by atoms with Gasteiger partial charge in [0.05, 0.1) is 23.1 Å². The third kappa shape index (κ3) is 3.99. The molecule has 0 fully saturated rings. The van der Waals surface area contributed by atoms with Crippen molar-refractivity contribution in [1.29, 1.82) is 10.7 Å². The van der Waals surface area contributed by atoms with Crippen LogP contribution in [0.1, 0.15) is 38.4 Å². The minimum Gasteiger partial charge on any atom is -0.352 e. The van der Waals surface area contributed by atoms with Crippen molar-refractivity contribution in [3.05, 3.63) is 64.2 Å². The molecule has 29 heavy (non-hydrogen) atoms. The Morgan fingerprint density at radius 2 is 2.00 bits per heavy atom. The Hall–Kier alpha value is -3.99. The van der Waals surface area contributed by atoms with E-state index >= 15 is 0 Å². The number of nitriles is 1. The molecule has 1 aromatic carbocycles. The van der Waals surface area contributed by atoms with Gasteiger partial charge in [0.1, 0.15) is 11.8 Å². The van der Waals surface area contributed by atoms with Gasteiger partial charge in [0.15, 0.2) is 0 Å². The van der Waals surface area contributed by atoms with Crippen LogP contribution in [0.25, 0.3) is 0 Å². The summed E-state index contributed by atoms with van der Waals surface area (Å²) in [6, 6.07) is 7.36. The molecule has 0 saturated carbocycles. The van der Waals surface area contributed by atoms with Crippen LogP contribution in [-0.2, 0) is 7.05 Å². The van der Waals surface area contributed by atoms with Gasteiger partial charge in [-0.1, -0.05) is 0 Å². The lowest BCUT2D eigenvalue weighted by Crippen LogP contribution is -2.17. The zero-order valence-corrected chi connectivity index (χ0v) is 16.7. The van der Waals surface area contributed by atoms with Crippen molar-refractivity contribution < 1.29 is 4.79 Å². The number of aromatic nitrogens is 3. The smallest absolute Gasteiger partial charge is 0.274 e. The molecule has 0 saturated heterocycles. The molecule has 3 N–H and O–H groups in total. The number of anilines is 3. The lowest BCUT2D eigenvalue weighted by Gasteiger charge is -2.14. The summed E-state index contributed by atoms with van der Waals surface area (Å²) in [5.74, 6) is -0.354. The molecular formula is C21H21N7O. The normalized spacial score (nSPS) is 10.3. The molecule has 1 amide bonds. The van der Waals surface area contributed by atoms with Crippen molar-refractivity contribution in [3.63, 3.8) is 0 Å². The molecule has 0 bridgehead atoms. The zero-order valence-electron chi connectivity index (χ0n) is 16.7. The number of nitrogens with one attached hydrogen (secondary N) is 3. The highest BCUT2D eigenvalue weighted by atomic mass is 16.1. The Balaban J connectivity index is 1.91. The summed E-state index contributed by atoms with van der Waals surface area (Å²) in [7, 11) is 1.82. The molecule has 8 nitrogen and oxygen atoms in total. The topological polar surface area (TPSA) is 119 Å². The lowest BCUT2D eigenvalue weighted by molar-refractivity contribution is 0.102. The van der Waals surface area contributed by atoms with Gasteiger partial charge in [-0.25, -0.2) is 4.98 Å². The molecule has 8 heteroatoms. The van der Waals surface area contributed by atoms with Gasteiger partial charge in [0, 0.05) is 36.4 Å². The molecule has 0 atom stereocenters. The molecule has 0 radical (unpaired) electrons. The Labute approximate surface area is 168 Å². The number of rotatable bonds is 5. The first kappa shape index (κ1) is 19.8. The van der Waals surface area contributed by atoms with E-state index in [1.807, 2.05) is 20.2 Å². The standard InChI is InChI=1S/C21H21N7O/c1-12-13(2)20(25-14(3)18(12)9-23)21(29)27-16-6-5-15(8-22)19(7-16)26-17-10-24-28(4)11-17/h5-8,10-11,22,26H,1-4H3,(H,27,29). The Morgan fingerprint density at radius 1 is 1.24 bits per heavy atom. The zero-order chi connectivity index (χ0) is 21.1. The number of hydrogen-bond donors (Lipinski definition) is 3. The summed E-state index contributed by atoms with van der Waals surface area (Å²) >= 11 is 0. The third-order valence-electron chi connectivity index (χ3n) is 4.71. The third-order valence-corrected chi connectivity index (χ3v) is 4.71. The number of carbonyl (C=O) groups is 1. The number of pyridine rings is 1. The fraction of sp³-hybridized carbons (Fsp3) is 0.190. The summed E-state index contributed by atoms with van der Waals surface area (Å²) in [5, 5.41) is 27.0. The molecular weight excluding hydrogens is 366 g/mol. The number of carbonyl (C=O) groups excluding carboxylic acids is 1. The number of hydrogen-bond acceptors (Lipinski definition) is 6. The molecule has 0 aliphatic rings. The van der Waals surface area contributed by atoms with Crippen molar-refractivity contribution in [1.82, 2.24) is 14.8 Å². The molecule has 0 unspecified atom stereocenters. The molecule has 2 heterocycles. The number of nitrogens with zero attached hydrogens (tertiary/aromatic N) is 4. The molecule has 3 aromatic rings. The lowest BCUT2D eigenvalue weighted by atomic mass is 10.0. The van der Waals surface area contributed by atoms with E-state index in [4.69, 9.17) is 5.41 Å². The summed E-state index contributed by atoms with van der Waals surface area (Å²) in [6.45, 7) is 5.32. The predicted molar refractivity (Wildman–Crippen MR) is 112 cm³/mol. The van der Waals surface area contributed by atoms with E-state index in [9.17, 15) is 10.1 Å².